The van der Waals surface area contributed by atoms with Gasteiger partial charge in [0, 0.05) is 9.50 Å². The summed E-state index contributed by atoms with van der Waals surface area (Å²) in [6.45, 7) is 0.309. The maximum absolute atomic E-state index is 12.7. The Morgan fingerprint density at radius 1 is 1.19 bits per heavy atom. The predicted molar refractivity (Wildman–Crippen MR) is 103 cm³/mol. The molecule has 1 saturated heterocycles. The van der Waals surface area contributed by atoms with Gasteiger partial charge in [-0.05, 0) is 47.2 Å². The van der Waals surface area contributed by atoms with Crippen molar-refractivity contribution in [3.05, 3.63) is 61.9 Å². The molecule has 2 amide bonds. The molecule has 1 fully saturated rings. The maximum Gasteiger partial charge on any atom is 0.293 e. The molecule has 132 valence electrons. The summed E-state index contributed by atoms with van der Waals surface area (Å²) in [6.07, 6.45) is 1.67. The summed E-state index contributed by atoms with van der Waals surface area (Å²) >= 11 is 10.5. The fourth-order valence-electron chi connectivity index (χ4n) is 2.62. The Labute approximate surface area is 167 Å². The largest absolute Gasteiger partial charge is 0.454 e. The molecule has 5 nitrogen and oxygen atoms in total. The van der Waals surface area contributed by atoms with Crippen molar-refractivity contribution < 1.29 is 19.1 Å². The Balaban J connectivity index is 1.61. The number of rotatable bonds is 3. The van der Waals surface area contributed by atoms with Crippen LogP contribution in [0.4, 0.5) is 4.79 Å². The Kier molecular flexibility index (Phi) is 4.69. The number of nitrogens with zero attached hydrogens (tertiary/aromatic N) is 1. The van der Waals surface area contributed by atoms with Crippen molar-refractivity contribution in [1.29, 1.82) is 0 Å². The summed E-state index contributed by atoms with van der Waals surface area (Å²) in [7, 11) is 0. The van der Waals surface area contributed by atoms with Gasteiger partial charge in [-0.2, -0.15) is 0 Å². The topological polar surface area (TPSA) is 55.8 Å². The Morgan fingerprint density at radius 2 is 1.92 bits per heavy atom. The van der Waals surface area contributed by atoms with Gasteiger partial charge in [0.1, 0.15) is 0 Å². The fraction of sp³-hybridized carbons (Fsp3) is 0.111. The first-order valence-corrected chi connectivity index (χ1v) is 9.59. The van der Waals surface area contributed by atoms with Crippen molar-refractivity contribution in [1.82, 2.24) is 4.90 Å². The number of carbonyl (C=O) groups is 2. The van der Waals surface area contributed by atoms with Crippen LogP contribution in [-0.2, 0) is 11.3 Å². The summed E-state index contributed by atoms with van der Waals surface area (Å²) in [6, 6.07) is 10.7. The zero-order valence-corrected chi connectivity index (χ0v) is 16.4. The van der Waals surface area contributed by atoms with Gasteiger partial charge in [-0.1, -0.05) is 45.7 Å². The van der Waals surface area contributed by atoms with Crippen LogP contribution in [0.15, 0.2) is 45.8 Å². The Hall–Kier alpha value is -1.96. The third-order valence-corrected chi connectivity index (χ3v) is 5.90. The molecule has 0 aliphatic carbocycles. The number of halogens is 2. The predicted octanol–water partition coefficient (Wildman–Crippen LogP) is 5.07. The number of ether oxygens (including phenoxy) is 2. The highest BCUT2D eigenvalue weighted by Crippen LogP contribution is 2.40. The van der Waals surface area contributed by atoms with E-state index in [0.29, 0.717) is 21.4 Å². The number of thioether (sulfide) groups is 1. The van der Waals surface area contributed by atoms with E-state index in [-0.39, 0.29) is 24.5 Å². The quantitative estimate of drug-likeness (QED) is 0.609. The molecule has 0 spiro atoms. The molecular weight excluding hydrogens is 442 g/mol. The van der Waals surface area contributed by atoms with E-state index in [9.17, 15) is 9.59 Å². The standard InChI is InChI=1S/C18H11BrClNO4S/c19-12-7-15-14(24-9-25-15)5-11(12)6-16-17(22)21(18(23)26-16)8-10-3-1-2-4-13(10)20/h1-7H,8-9H2. The van der Waals surface area contributed by atoms with E-state index < -0.39 is 0 Å². The number of imide groups is 1. The number of carbonyl (C=O) groups excluding carboxylic acids is 2. The lowest BCUT2D eigenvalue weighted by atomic mass is 10.1. The van der Waals surface area contributed by atoms with Crippen LogP contribution in [0.3, 0.4) is 0 Å². The van der Waals surface area contributed by atoms with Gasteiger partial charge in [-0.25, -0.2) is 0 Å². The van der Waals surface area contributed by atoms with Crippen molar-refractivity contribution in [3.8, 4) is 11.5 Å². The summed E-state index contributed by atoms with van der Waals surface area (Å²) < 4.78 is 11.4. The summed E-state index contributed by atoms with van der Waals surface area (Å²) in [4.78, 5) is 26.5. The number of benzene rings is 2. The van der Waals surface area contributed by atoms with E-state index in [1.165, 1.54) is 4.90 Å². The first-order chi connectivity index (χ1) is 12.5. The van der Waals surface area contributed by atoms with Crippen molar-refractivity contribution in [2.45, 2.75) is 6.54 Å². The zero-order chi connectivity index (χ0) is 18.3. The molecule has 0 radical (unpaired) electrons. The molecule has 26 heavy (non-hydrogen) atoms. The third-order valence-electron chi connectivity index (χ3n) is 3.94. The number of amides is 2. The van der Waals surface area contributed by atoms with Crippen LogP contribution >= 0.6 is 39.3 Å². The van der Waals surface area contributed by atoms with Crippen LogP contribution in [0.2, 0.25) is 5.02 Å². The van der Waals surface area contributed by atoms with Crippen LogP contribution < -0.4 is 9.47 Å². The van der Waals surface area contributed by atoms with Gasteiger partial charge in [-0.3, -0.25) is 14.5 Å². The molecule has 0 atom stereocenters. The molecule has 2 aromatic carbocycles. The second kappa shape index (κ2) is 6.98. The molecule has 0 bridgehead atoms. The molecule has 2 aromatic rings. The van der Waals surface area contributed by atoms with Crippen LogP contribution in [0.25, 0.3) is 6.08 Å². The van der Waals surface area contributed by atoms with Crippen LogP contribution in [0.5, 0.6) is 11.5 Å². The second-order valence-electron chi connectivity index (χ2n) is 5.59. The molecule has 8 heteroatoms. The number of hydrogen-bond acceptors (Lipinski definition) is 5. The van der Waals surface area contributed by atoms with Gasteiger partial charge in [0.05, 0.1) is 11.4 Å². The highest BCUT2D eigenvalue weighted by molar-refractivity contribution is 9.10. The molecule has 0 saturated carbocycles. The van der Waals surface area contributed by atoms with Crippen molar-refractivity contribution in [3.63, 3.8) is 0 Å². The highest BCUT2D eigenvalue weighted by Gasteiger charge is 2.35. The SMILES string of the molecule is O=C1SC(=Cc2cc3c(cc2Br)OCO3)C(=O)N1Cc1ccccc1Cl. The zero-order valence-electron chi connectivity index (χ0n) is 13.2. The first kappa shape index (κ1) is 17.5. The lowest BCUT2D eigenvalue weighted by Crippen LogP contribution is -2.27. The average Bonchev–Trinajstić information content (AvgIpc) is 3.16. The third kappa shape index (κ3) is 3.22. The van der Waals surface area contributed by atoms with E-state index in [2.05, 4.69) is 15.9 Å². The van der Waals surface area contributed by atoms with E-state index in [0.717, 1.165) is 27.4 Å². The molecule has 0 N–H and O–H groups in total. The molecular formula is C18H11BrClNO4S. The van der Waals surface area contributed by atoms with Crippen LogP contribution in [0.1, 0.15) is 11.1 Å². The molecule has 2 aliphatic heterocycles. The van der Waals surface area contributed by atoms with Gasteiger partial charge in [0.25, 0.3) is 11.1 Å². The van der Waals surface area contributed by atoms with E-state index in [1.807, 2.05) is 6.07 Å². The Bertz CT molecular complexity index is 962. The minimum absolute atomic E-state index is 0.143. The monoisotopic (exact) mass is 451 g/mol. The first-order valence-electron chi connectivity index (χ1n) is 7.61. The second-order valence-corrected chi connectivity index (χ2v) is 7.84. The van der Waals surface area contributed by atoms with Gasteiger partial charge in [-0.15, -0.1) is 0 Å². The molecule has 0 aromatic heterocycles. The summed E-state index contributed by atoms with van der Waals surface area (Å²) in [5.41, 5.74) is 1.46. The van der Waals surface area contributed by atoms with Gasteiger partial charge in [0.2, 0.25) is 6.79 Å². The molecule has 4 rings (SSSR count). The van der Waals surface area contributed by atoms with Crippen molar-refractivity contribution >= 4 is 56.5 Å². The summed E-state index contributed by atoms with van der Waals surface area (Å²) in [5.74, 6) is 0.903. The Morgan fingerprint density at radius 3 is 2.69 bits per heavy atom. The van der Waals surface area contributed by atoms with Crippen molar-refractivity contribution in [2.75, 3.05) is 6.79 Å². The lowest BCUT2D eigenvalue weighted by Gasteiger charge is -2.13. The number of hydrogen-bond donors (Lipinski definition) is 0. The van der Waals surface area contributed by atoms with E-state index >= 15 is 0 Å². The highest BCUT2D eigenvalue weighted by atomic mass is 79.9. The summed E-state index contributed by atoms with van der Waals surface area (Å²) in [5, 5.41) is 0.201. The van der Waals surface area contributed by atoms with Gasteiger partial charge >= 0.3 is 0 Å². The molecule has 2 aliphatic rings. The average molecular weight is 453 g/mol. The van der Waals surface area contributed by atoms with E-state index in [4.69, 9.17) is 21.1 Å². The van der Waals surface area contributed by atoms with Gasteiger partial charge in [0.15, 0.2) is 11.5 Å². The van der Waals surface area contributed by atoms with Crippen molar-refractivity contribution in [2.24, 2.45) is 0 Å². The van der Waals surface area contributed by atoms with Gasteiger partial charge < -0.3 is 9.47 Å². The molecule has 0 unspecified atom stereocenters. The normalized spacial score (nSPS) is 17.5. The van der Waals surface area contributed by atoms with Crippen LogP contribution in [0, 0.1) is 0 Å². The fourth-order valence-corrected chi connectivity index (χ4v) is 4.08. The minimum Gasteiger partial charge on any atom is -0.454 e. The minimum atomic E-state index is -0.343. The maximum atomic E-state index is 12.7. The van der Waals surface area contributed by atoms with E-state index in [1.54, 1.807) is 36.4 Å². The number of fused-ring (bicyclic) bond motifs is 1. The molecule has 2 heterocycles. The lowest BCUT2D eigenvalue weighted by molar-refractivity contribution is -0.123. The van der Waals surface area contributed by atoms with Crippen LogP contribution in [-0.4, -0.2) is 22.8 Å². The smallest absolute Gasteiger partial charge is 0.293 e.